The van der Waals surface area contributed by atoms with Crippen molar-refractivity contribution in [2.24, 2.45) is 5.10 Å². The van der Waals surface area contributed by atoms with Gasteiger partial charge in [-0.15, -0.1) is 0 Å². The summed E-state index contributed by atoms with van der Waals surface area (Å²) in [4.78, 5) is 45.1. The molecule has 4 N–H and O–H groups in total. The molecule has 0 unspecified atom stereocenters. The maximum absolute atomic E-state index is 12.0. The maximum atomic E-state index is 12.0. The van der Waals surface area contributed by atoms with Gasteiger partial charge in [-0.25, -0.2) is 5.43 Å². The summed E-state index contributed by atoms with van der Waals surface area (Å²) < 4.78 is 4.90. The van der Waals surface area contributed by atoms with Crippen LogP contribution in [0, 0.1) is 10.1 Å². The number of hydrogen-bond acceptors (Lipinski definition) is 8. The number of methoxy groups -OCH3 is 1. The number of aliphatic hydroxyl groups is 1. The van der Waals surface area contributed by atoms with Gasteiger partial charge in [0, 0.05) is 12.3 Å². The predicted octanol–water partition coefficient (Wildman–Crippen LogP) is -0.467. The highest BCUT2D eigenvalue weighted by molar-refractivity contribution is 6.35. The Balaban J connectivity index is 2.67. The molecule has 0 radical (unpaired) electrons. The van der Waals surface area contributed by atoms with Gasteiger partial charge in [0.25, 0.3) is 5.69 Å². The number of rotatable bonds is 8. The van der Waals surface area contributed by atoms with Crippen molar-refractivity contribution in [2.45, 2.75) is 13.3 Å². The number of hydrogen-bond donors (Lipinski definition) is 4. The average Bonchev–Trinajstić information content (AvgIpc) is 2.63. The molecule has 0 saturated carbocycles. The van der Waals surface area contributed by atoms with E-state index in [-0.39, 0.29) is 42.4 Å². The van der Waals surface area contributed by atoms with E-state index in [1.165, 1.54) is 32.2 Å². The lowest BCUT2D eigenvalue weighted by atomic mass is 10.2. The SMILES string of the molecule is COc1ccc(NC(=O)C/C(C)=N\NC(=O)C(=O)NCCO)c([N+](=O)[O-])c1. The zero-order valence-corrected chi connectivity index (χ0v) is 14.6. The molecule has 27 heavy (non-hydrogen) atoms. The van der Waals surface area contributed by atoms with Gasteiger partial charge in [-0.2, -0.15) is 5.10 Å². The molecule has 0 bridgehead atoms. The van der Waals surface area contributed by atoms with E-state index in [9.17, 15) is 24.5 Å². The zero-order valence-electron chi connectivity index (χ0n) is 14.6. The van der Waals surface area contributed by atoms with Crippen LogP contribution in [0.1, 0.15) is 13.3 Å². The first-order valence-electron chi connectivity index (χ1n) is 7.63. The van der Waals surface area contributed by atoms with Crippen LogP contribution < -0.4 is 20.8 Å². The number of anilines is 1. The fourth-order valence-corrected chi connectivity index (χ4v) is 1.81. The van der Waals surface area contributed by atoms with Gasteiger partial charge < -0.3 is 20.5 Å². The first-order chi connectivity index (χ1) is 12.8. The van der Waals surface area contributed by atoms with Crippen molar-refractivity contribution in [2.75, 3.05) is 25.6 Å². The number of nitrogens with one attached hydrogen (secondary N) is 3. The van der Waals surface area contributed by atoms with Crippen LogP contribution in [-0.2, 0) is 14.4 Å². The summed E-state index contributed by atoms with van der Waals surface area (Å²) in [7, 11) is 1.36. The third kappa shape index (κ3) is 7.07. The second kappa shape index (κ2) is 10.5. The van der Waals surface area contributed by atoms with E-state index in [2.05, 4.69) is 15.7 Å². The van der Waals surface area contributed by atoms with Gasteiger partial charge in [-0.3, -0.25) is 24.5 Å². The number of carbonyl (C=O) groups is 3. The van der Waals surface area contributed by atoms with E-state index < -0.39 is 22.6 Å². The fraction of sp³-hybridized carbons (Fsp3) is 0.333. The largest absolute Gasteiger partial charge is 0.496 e. The molecule has 12 nitrogen and oxygen atoms in total. The van der Waals surface area contributed by atoms with Gasteiger partial charge in [0.05, 0.1) is 31.1 Å². The van der Waals surface area contributed by atoms with Crippen LogP contribution in [0.15, 0.2) is 23.3 Å². The minimum atomic E-state index is -1.06. The van der Waals surface area contributed by atoms with Crippen LogP contribution in [0.5, 0.6) is 5.75 Å². The second-order valence-electron chi connectivity index (χ2n) is 5.13. The lowest BCUT2D eigenvalue weighted by Gasteiger charge is -2.07. The number of amides is 3. The molecule has 0 spiro atoms. The molecule has 0 aliphatic rings. The molecule has 0 aliphatic heterocycles. The summed E-state index contributed by atoms with van der Waals surface area (Å²) in [6, 6.07) is 3.95. The Morgan fingerprint density at radius 1 is 1.30 bits per heavy atom. The van der Waals surface area contributed by atoms with Crippen molar-refractivity contribution < 1.29 is 29.2 Å². The van der Waals surface area contributed by atoms with E-state index in [1.54, 1.807) is 0 Å². The first kappa shape index (κ1) is 21.5. The zero-order chi connectivity index (χ0) is 20.4. The number of carbonyl (C=O) groups excluding carboxylic acids is 3. The molecule has 146 valence electrons. The minimum Gasteiger partial charge on any atom is -0.496 e. The number of aliphatic hydroxyl groups excluding tert-OH is 1. The van der Waals surface area contributed by atoms with Crippen LogP contribution in [0.3, 0.4) is 0 Å². The average molecular weight is 381 g/mol. The van der Waals surface area contributed by atoms with Crippen molar-refractivity contribution in [3.63, 3.8) is 0 Å². The predicted molar refractivity (Wildman–Crippen MR) is 94.2 cm³/mol. The van der Waals surface area contributed by atoms with Crippen LogP contribution in [0.2, 0.25) is 0 Å². The van der Waals surface area contributed by atoms with Crippen LogP contribution >= 0.6 is 0 Å². The molecule has 0 atom stereocenters. The lowest BCUT2D eigenvalue weighted by molar-refractivity contribution is -0.384. The van der Waals surface area contributed by atoms with Gasteiger partial charge in [0.2, 0.25) is 5.91 Å². The highest BCUT2D eigenvalue weighted by Gasteiger charge is 2.18. The number of nitro benzene ring substituents is 1. The van der Waals surface area contributed by atoms with Crippen molar-refractivity contribution in [1.82, 2.24) is 10.7 Å². The molecule has 12 heteroatoms. The van der Waals surface area contributed by atoms with Crippen molar-refractivity contribution in [3.8, 4) is 5.75 Å². The van der Waals surface area contributed by atoms with E-state index in [0.29, 0.717) is 0 Å². The van der Waals surface area contributed by atoms with Gasteiger partial charge >= 0.3 is 11.8 Å². The van der Waals surface area contributed by atoms with Gasteiger partial charge in [0.15, 0.2) is 0 Å². The van der Waals surface area contributed by atoms with Gasteiger partial charge in [0.1, 0.15) is 11.4 Å². The molecule has 0 saturated heterocycles. The van der Waals surface area contributed by atoms with Crippen LogP contribution in [-0.4, -0.2) is 53.7 Å². The molecule has 0 fully saturated rings. The molecule has 0 heterocycles. The topological polar surface area (TPSA) is 172 Å². The molecule has 0 aliphatic carbocycles. The minimum absolute atomic E-state index is 0.0222. The summed E-state index contributed by atoms with van der Waals surface area (Å²) in [5, 5.41) is 27.7. The molecule has 1 aromatic rings. The fourth-order valence-electron chi connectivity index (χ4n) is 1.81. The van der Waals surface area contributed by atoms with E-state index in [4.69, 9.17) is 9.84 Å². The number of nitrogens with zero attached hydrogens (tertiary/aromatic N) is 2. The lowest BCUT2D eigenvalue weighted by Crippen LogP contribution is -2.39. The molecule has 1 aromatic carbocycles. The Hall–Kier alpha value is -3.54. The Labute approximate surface area is 153 Å². The Bertz CT molecular complexity index is 763. The Kier molecular flexibility index (Phi) is 8.32. The van der Waals surface area contributed by atoms with Crippen LogP contribution in [0.4, 0.5) is 11.4 Å². The van der Waals surface area contributed by atoms with Crippen molar-refractivity contribution >= 4 is 34.8 Å². The Morgan fingerprint density at radius 2 is 2.00 bits per heavy atom. The summed E-state index contributed by atoms with van der Waals surface area (Å²) in [6.45, 7) is 1.02. The monoisotopic (exact) mass is 381 g/mol. The van der Waals surface area contributed by atoms with Crippen LogP contribution in [0.25, 0.3) is 0 Å². The van der Waals surface area contributed by atoms with Gasteiger partial charge in [-0.1, -0.05) is 0 Å². The quantitative estimate of drug-likeness (QED) is 0.204. The van der Waals surface area contributed by atoms with Gasteiger partial charge in [-0.05, 0) is 19.1 Å². The van der Waals surface area contributed by atoms with E-state index in [0.717, 1.165) is 0 Å². The van der Waals surface area contributed by atoms with E-state index >= 15 is 0 Å². The molecular formula is C15H19N5O7. The third-order valence-electron chi connectivity index (χ3n) is 3.04. The summed E-state index contributed by atoms with van der Waals surface area (Å²) >= 11 is 0. The maximum Gasteiger partial charge on any atom is 0.329 e. The third-order valence-corrected chi connectivity index (χ3v) is 3.04. The number of ether oxygens (including phenoxy) is 1. The van der Waals surface area contributed by atoms with E-state index in [1.807, 2.05) is 5.43 Å². The molecule has 3 amide bonds. The van der Waals surface area contributed by atoms with Crippen molar-refractivity contribution in [1.29, 1.82) is 0 Å². The number of hydrazone groups is 1. The first-order valence-corrected chi connectivity index (χ1v) is 7.63. The smallest absolute Gasteiger partial charge is 0.329 e. The highest BCUT2D eigenvalue weighted by atomic mass is 16.6. The molecular weight excluding hydrogens is 362 g/mol. The highest BCUT2D eigenvalue weighted by Crippen LogP contribution is 2.28. The summed E-state index contributed by atoms with van der Waals surface area (Å²) in [6.07, 6.45) is -0.276. The number of nitro groups is 1. The Morgan fingerprint density at radius 3 is 2.59 bits per heavy atom. The number of benzene rings is 1. The summed E-state index contributed by atoms with van der Waals surface area (Å²) in [5.41, 5.74) is 1.75. The standard InChI is InChI=1S/C15H19N5O7/c1-9(18-19-15(24)14(23)16-5-6-21)7-13(22)17-11-4-3-10(27-2)8-12(11)20(25)26/h3-4,8,21H,5-7H2,1-2H3,(H,16,23)(H,17,22)(H,19,24)/b18-9-. The second-order valence-corrected chi connectivity index (χ2v) is 5.13. The molecule has 0 aromatic heterocycles. The summed E-state index contributed by atoms with van der Waals surface area (Å²) in [5.74, 6) is -2.39. The molecule has 1 rings (SSSR count). The normalized spacial score (nSPS) is 10.7. The van der Waals surface area contributed by atoms with Crippen molar-refractivity contribution in [3.05, 3.63) is 28.3 Å².